The lowest BCUT2D eigenvalue weighted by Gasteiger charge is -2.16. The quantitative estimate of drug-likeness (QED) is 0.597. The molecule has 23 heavy (non-hydrogen) atoms. The van der Waals surface area contributed by atoms with Crippen LogP contribution in [-0.4, -0.2) is 34.2 Å². The Morgan fingerprint density at radius 2 is 1.96 bits per heavy atom. The highest BCUT2D eigenvalue weighted by Crippen LogP contribution is 2.26. The minimum absolute atomic E-state index is 0.341. The van der Waals surface area contributed by atoms with Crippen molar-refractivity contribution in [3.63, 3.8) is 0 Å². The van der Waals surface area contributed by atoms with Crippen LogP contribution in [0.15, 0.2) is 29.2 Å². The molecule has 1 aromatic carbocycles. The number of hydrogen-bond donors (Lipinski definition) is 3. The maximum atomic E-state index is 12.4. The van der Waals surface area contributed by atoms with Crippen molar-refractivity contribution in [2.75, 3.05) is 0 Å². The van der Waals surface area contributed by atoms with Crippen LogP contribution in [0.3, 0.4) is 0 Å². The molecule has 4 N–H and O–H groups in total. The minimum atomic E-state index is -1.05. The third-order valence-corrected chi connectivity index (χ3v) is 4.48. The summed E-state index contributed by atoms with van der Waals surface area (Å²) in [5, 5.41) is 11.3. The van der Waals surface area contributed by atoms with E-state index in [1.165, 1.54) is 11.8 Å². The van der Waals surface area contributed by atoms with E-state index in [1.807, 2.05) is 6.92 Å². The van der Waals surface area contributed by atoms with E-state index in [0.29, 0.717) is 23.3 Å². The van der Waals surface area contributed by atoms with Gasteiger partial charge in [-0.05, 0) is 25.5 Å². The average molecular weight is 338 g/mol. The molecule has 7 heteroatoms. The Morgan fingerprint density at radius 3 is 2.52 bits per heavy atom. The van der Waals surface area contributed by atoms with E-state index in [-0.39, 0.29) is 0 Å². The number of unbranched alkanes of at least 4 members (excludes halogenated alkanes) is 1. The molecule has 126 valence electrons. The zero-order valence-corrected chi connectivity index (χ0v) is 14.1. The third kappa shape index (κ3) is 5.94. The zero-order valence-electron chi connectivity index (χ0n) is 13.2. The fourth-order valence-corrected chi connectivity index (χ4v) is 2.85. The molecule has 1 aromatic rings. The summed E-state index contributed by atoms with van der Waals surface area (Å²) in [5.74, 6) is -1.99. The van der Waals surface area contributed by atoms with E-state index >= 15 is 0 Å². The molecule has 0 saturated heterocycles. The predicted octanol–water partition coefficient (Wildman–Crippen LogP) is 2.03. The maximum absolute atomic E-state index is 12.4. The van der Waals surface area contributed by atoms with Crippen molar-refractivity contribution in [1.82, 2.24) is 5.32 Å². The van der Waals surface area contributed by atoms with E-state index < -0.39 is 29.1 Å². The Balaban J connectivity index is 2.90. The smallest absolute Gasteiger partial charge is 0.326 e. The summed E-state index contributed by atoms with van der Waals surface area (Å²) >= 11 is 1.18. The van der Waals surface area contributed by atoms with Gasteiger partial charge in [-0.1, -0.05) is 31.9 Å². The number of carbonyl (C=O) groups excluding carboxylic acids is 2. The van der Waals surface area contributed by atoms with Crippen molar-refractivity contribution in [3.05, 3.63) is 29.8 Å². The van der Waals surface area contributed by atoms with Crippen LogP contribution in [-0.2, 0) is 9.59 Å². The van der Waals surface area contributed by atoms with Crippen LogP contribution in [0.4, 0.5) is 0 Å². The van der Waals surface area contributed by atoms with Gasteiger partial charge >= 0.3 is 5.97 Å². The lowest BCUT2D eigenvalue weighted by atomic mass is 10.1. The molecule has 1 rings (SSSR count). The zero-order chi connectivity index (χ0) is 17.4. The van der Waals surface area contributed by atoms with Gasteiger partial charge in [-0.15, -0.1) is 11.8 Å². The molecule has 0 saturated carbocycles. The van der Waals surface area contributed by atoms with Gasteiger partial charge in [0, 0.05) is 4.90 Å². The van der Waals surface area contributed by atoms with Gasteiger partial charge in [0.15, 0.2) is 0 Å². The number of nitrogens with two attached hydrogens (primary N) is 1. The van der Waals surface area contributed by atoms with Gasteiger partial charge in [-0.25, -0.2) is 4.79 Å². The lowest BCUT2D eigenvalue weighted by molar-refractivity contribution is -0.139. The average Bonchev–Trinajstić information content (AvgIpc) is 2.51. The van der Waals surface area contributed by atoms with Gasteiger partial charge in [0.05, 0.1) is 10.8 Å². The molecule has 2 amide bonds. The van der Waals surface area contributed by atoms with Crippen molar-refractivity contribution < 1.29 is 19.5 Å². The summed E-state index contributed by atoms with van der Waals surface area (Å²) in [7, 11) is 0. The SMILES string of the molecule is CCCCC(NC(=O)c1ccccc1SC(C)C(N)=O)C(=O)O. The molecule has 0 spiro atoms. The maximum Gasteiger partial charge on any atom is 0.326 e. The van der Waals surface area contributed by atoms with E-state index in [2.05, 4.69) is 5.32 Å². The van der Waals surface area contributed by atoms with Crippen LogP contribution in [0.2, 0.25) is 0 Å². The second-order valence-electron chi connectivity index (χ2n) is 5.17. The highest BCUT2D eigenvalue weighted by Gasteiger charge is 2.22. The van der Waals surface area contributed by atoms with E-state index in [1.54, 1.807) is 31.2 Å². The third-order valence-electron chi connectivity index (χ3n) is 3.29. The second kappa shape index (κ2) is 9.19. The number of carboxylic acid groups (broad SMARTS) is 1. The van der Waals surface area contributed by atoms with E-state index in [9.17, 15) is 19.5 Å². The number of nitrogens with one attached hydrogen (secondary N) is 1. The second-order valence-corrected chi connectivity index (χ2v) is 6.55. The van der Waals surface area contributed by atoms with Gasteiger partial charge in [0.25, 0.3) is 5.91 Å². The Hall–Kier alpha value is -2.02. The normalized spacial score (nSPS) is 13.1. The first-order valence-electron chi connectivity index (χ1n) is 7.45. The fraction of sp³-hybridized carbons (Fsp3) is 0.438. The first-order chi connectivity index (χ1) is 10.9. The van der Waals surface area contributed by atoms with Crippen molar-refractivity contribution in [2.45, 2.75) is 49.3 Å². The first-order valence-corrected chi connectivity index (χ1v) is 8.33. The van der Waals surface area contributed by atoms with Gasteiger partial charge < -0.3 is 16.2 Å². The molecular formula is C16H22N2O4S. The fourth-order valence-electron chi connectivity index (χ4n) is 1.91. The van der Waals surface area contributed by atoms with Gasteiger partial charge in [0.1, 0.15) is 6.04 Å². The van der Waals surface area contributed by atoms with Crippen LogP contribution in [0.25, 0.3) is 0 Å². The number of primary amides is 1. The molecule has 0 aliphatic heterocycles. The summed E-state index contributed by atoms with van der Waals surface area (Å²) in [6.45, 7) is 3.61. The predicted molar refractivity (Wildman–Crippen MR) is 89.4 cm³/mol. The minimum Gasteiger partial charge on any atom is -0.480 e. The Bertz CT molecular complexity index is 577. The molecule has 2 unspecified atom stereocenters. The van der Waals surface area contributed by atoms with Gasteiger partial charge in [0.2, 0.25) is 5.91 Å². The lowest BCUT2D eigenvalue weighted by Crippen LogP contribution is -2.41. The van der Waals surface area contributed by atoms with Crippen LogP contribution in [0, 0.1) is 0 Å². The highest BCUT2D eigenvalue weighted by atomic mass is 32.2. The van der Waals surface area contributed by atoms with Crippen LogP contribution in [0.1, 0.15) is 43.5 Å². The molecule has 0 bridgehead atoms. The number of amides is 2. The molecule has 0 aromatic heterocycles. The monoisotopic (exact) mass is 338 g/mol. The Morgan fingerprint density at radius 1 is 1.30 bits per heavy atom. The summed E-state index contributed by atoms with van der Waals surface area (Å²) < 4.78 is 0. The summed E-state index contributed by atoms with van der Waals surface area (Å²) in [6, 6.07) is 5.83. The number of benzene rings is 1. The molecule has 0 radical (unpaired) electrons. The van der Waals surface area contributed by atoms with E-state index in [4.69, 9.17) is 5.73 Å². The standard InChI is InChI=1S/C16H22N2O4S/c1-3-4-8-12(16(21)22)18-15(20)11-7-5-6-9-13(11)23-10(2)14(17)19/h5-7,9-10,12H,3-4,8H2,1-2H3,(H2,17,19)(H,18,20)(H,21,22). The van der Waals surface area contributed by atoms with Crippen molar-refractivity contribution >= 4 is 29.5 Å². The molecule has 0 fully saturated rings. The molecular weight excluding hydrogens is 316 g/mol. The largest absolute Gasteiger partial charge is 0.480 e. The number of hydrogen-bond acceptors (Lipinski definition) is 4. The topological polar surface area (TPSA) is 109 Å². The first kappa shape index (κ1) is 19.0. The van der Waals surface area contributed by atoms with Crippen molar-refractivity contribution in [1.29, 1.82) is 0 Å². The van der Waals surface area contributed by atoms with E-state index in [0.717, 1.165) is 6.42 Å². The number of thioether (sulfide) groups is 1. The number of carbonyl (C=O) groups is 3. The molecule has 0 aliphatic carbocycles. The number of rotatable bonds is 9. The number of carboxylic acids is 1. The summed E-state index contributed by atoms with van der Waals surface area (Å²) in [4.78, 5) is 35.4. The number of aliphatic carboxylic acids is 1. The van der Waals surface area contributed by atoms with Crippen LogP contribution >= 0.6 is 11.8 Å². The van der Waals surface area contributed by atoms with Crippen LogP contribution in [0.5, 0.6) is 0 Å². The molecule has 0 heterocycles. The summed E-state index contributed by atoms with van der Waals surface area (Å²) in [5.41, 5.74) is 5.59. The Kier molecular flexibility index (Phi) is 7.61. The molecule has 6 nitrogen and oxygen atoms in total. The summed E-state index contributed by atoms with van der Waals surface area (Å²) in [6.07, 6.45) is 1.94. The van der Waals surface area contributed by atoms with Crippen LogP contribution < -0.4 is 11.1 Å². The van der Waals surface area contributed by atoms with Gasteiger partial charge in [-0.3, -0.25) is 9.59 Å². The van der Waals surface area contributed by atoms with Gasteiger partial charge in [-0.2, -0.15) is 0 Å². The van der Waals surface area contributed by atoms with Crippen molar-refractivity contribution in [3.8, 4) is 0 Å². The molecule has 2 atom stereocenters. The highest BCUT2D eigenvalue weighted by molar-refractivity contribution is 8.00. The Labute approximate surface area is 139 Å². The molecule has 0 aliphatic rings. The van der Waals surface area contributed by atoms with Crippen molar-refractivity contribution in [2.24, 2.45) is 5.73 Å².